The summed E-state index contributed by atoms with van der Waals surface area (Å²) in [5.74, 6) is -0.577. The lowest BCUT2D eigenvalue weighted by Crippen LogP contribution is -2.40. The van der Waals surface area contributed by atoms with Crippen molar-refractivity contribution in [2.45, 2.75) is 38.6 Å². The van der Waals surface area contributed by atoms with E-state index in [9.17, 15) is 14.7 Å². The molecule has 0 aliphatic carbocycles. The highest BCUT2D eigenvalue weighted by molar-refractivity contribution is 6.32. The topological polar surface area (TPSA) is 76.1 Å². The van der Waals surface area contributed by atoms with Gasteiger partial charge < -0.3 is 19.5 Å². The molecule has 1 aromatic carbocycles. The predicted octanol–water partition coefficient (Wildman–Crippen LogP) is 3.22. The number of carbonyl (C=O) groups excluding carboxylic acids is 1. The van der Waals surface area contributed by atoms with E-state index in [1.165, 1.54) is 18.1 Å². The number of halogens is 1. The highest BCUT2D eigenvalue weighted by atomic mass is 35.5. The van der Waals surface area contributed by atoms with E-state index >= 15 is 0 Å². The fraction of sp³-hybridized carbons (Fsp3) is 0.529. The molecular formula is C17H22ClNO5. The van der Waals surface area contributed by atoms with Gasteiger partial charge in [-0.1, -0.05) is 24.9 Å². The predicted molar refractivity (Wildman–Crippen MR) is 90.1 cm³/mol. The molecule has 0 spiro atoms. The van der Waals surface area contributed by atoms with Gasteiger partial charge in [0.15, 0.2) is 11.5 Å². The minimum atomic E-state index is -0.988. The summed E-state index contributed by atoms with van der Waals surface area (Å²) in [5, 5.41) is 9.51. The molecule has 132 valence electrons. The maximum absolute atomic E-state index is 12.7. The molecule has 1 aromatic rings. The summed E-state index contributed by atoms with van der Waals surface area (Å²) in [6, 6.07) is 2.26. The van der Waals surface area contributed by atoms with Gasteiger partial charge in [0.25, 0.3) is 5.91 Å². The average Bonchev–Trinajstić information content (AvgIpc) is 3.05. The number of ether oxygens (including phenoxy) is 2. The SMILES string of the molecule is CCCCOc1c(Cl)cc(C(=O)N2CCC[C@H]2C(=O)O)cc1OC. The molecule has 1 N–H and O–H groups in total. The Morgan fingerprint density at radius 3 is 2.79 bits per heavy atom. The summed E-state index contributed by atoms with van der Waals surface area (Å²) in [5.41, 5.74) is 0.299. The Kier molecular flexibility index (Phi) is 6.31. The van der Waals surface area contributed by atoms with Gasteiger partial charge in [-0.05, 0) is 31.4 Å². The number of rotatable bonds is 7. The van der Waals surface area contributed by atoms with E-state index in [2.05, 4.69) is 6.92 Å². The molecule has 1 saturated heterocycles. The molecule has 0 radical (unpaired) electrons. The van der Waals surface area contributed by atoms with Gasteiger partial charge in [0.2, 0.25) is 0 Å². The van der Waals surface area contributed by atoms with Crippen molar-refractivity contribution < 1.29 is 24.2 Å². The van der Waals surface area contributed by atoms with E-state index in [1.54, 1.807) is 6.07 Å². The largest absolute Gasteiger partial charge is 0.493 e. The highest BCUT2D eigenvalue weighted by Gasteiger charge is 2.35. The molecule has 1 aliphatic heterocycles. The second-order valence-corrected chi connectivity index (χ2v) is 6.09. The van der Waals surface area contributed by atoms with Crippen LogP contribution < -0.4 is 9.47 Å². The molecule has 24 heavy (non-hydrogen) atoms. The number of methoxy groups -OCH3 is 1. The molecule has 7 heteroatoms. The van der Waals surface area contributed by atoms with Crippen molar-refractivity contribution in [3.8, 4) is 11.5 Å². The summed E-state index contributed by atoms with van der Waals surface area (Å²) in [4.78, 5) is 25.3. The van der Waals surface area contributed by atoms with Crippen LogP contribution in [0.15, 0.2) is 12.1 Å². The zero-order valence-corrected chi connectivity index (χ0v) is 14.6. The second-order valence-electron chi connectivity index (χ2n) is 5.69. The lowest BCUT2D eigenvalue weighted by molar-refractivity contribution is -0.141. The van der Waals surface area contributed by atoms with E-state index in [1.807, 2.05) is 0 Å². The molecule has 1 heterocycles. The molecule has 0 unspecified atom stereocenters. The molecular weight excluding hydrogens is 334 g/mol. The van der Waals surface area contributed by atoms with Crippen LogP contribution in [0.4, 0.5) is 0 Å². The number of unbranched alkanes of at least 4 members (excludes halogenated alkanes) is 1. The summed E-state index contributed by atoms with van der Waals surface area (Å²) in [6.07, 6.45) is 3.01. The van der Waals surface area contributed by atoms with Gasteiger partial charge in [-0.2, -0.15) is 0 Å². The van der Waals surface area contributed by atoms with Gasteiger partial charge in [0.05, 0.1) is 18.7 Å². The van der Waals surface area contributed by atoms with Crippen molar-refractivity contribution in [3.63, 3.8) is 0 Å². The van der Waals surface area contributed by atoms with Crippen LogP contribution in [0.5, 0.6) is 11.5 Å². The van der Waals surface area contributed by atoms with Gasteiger partial charge in [-0.3, -0.25) is 4.79 Å². The lowest BCUT2D eigenvalue weighted by Gasteiger charge is -2.22. The van der Waals surface area contributed by atoms with E-state index < -0.39 is 12.0 Å². The van der Waals surface area contributed by atoms with Crippen molar-refractivity contribution in [2.24, 2.45) is 0 Å². The summed E-state index contributed by atoms with van der Waals surface area (Å²) in [6.45, 7) is 2.98. The minimum Gasteiger partial charge on any atom is -0.493 e. The number of nitrogens with zero attached hydrogens (tertiary/aromatic N) is 1. The van der Waals surface area contributed by atoms with E-state index in [-0.39, 0.29) is 10.9 Å². The van der Waals surface area contributed by atoms with Crippen LogP contribution in [0.1, 0.15) is 43.0 Å². The Hall–Kier alpha value is -1.95. The van der Waals surface area contributed by atoms with Gasteiger partial charge >= 0.3 is 5.97 Å². The smallest absolute Gasteiger partial charge is 0.326 e. The van der Waals surface area contributed by atoms with Crippen LogP contribution >= 0.6 is 11.6 Å². The lowest BCUT2D eigenvalue weighted by atomic mass is 10.1. The minimum absolute atomic E-state index is 0.278. The third-order valence-corrected chi connectivity index (χ3v) is 4.30. The molecule has 0 saturated carbocycles. The highest BCUT2D eigenvalue weighted by Crippen LogP contribution is 2.37. The molecule has 0 aromatic heterocycles. The van der Waals surface area contributed by atoms with Crippen molar-refractivity contribution in [3.05, 3.63) is 22.7 Å². The number of benzene rings is 1. The van der Waals surface area contributed by atoms with E-state index in [0.29, 0.717) is 43.1 Å². The number of likely N-dealkylation sites (tertiary alicyclic amines) is 1. The molecule has 1 amide bonds. The maximum Gasteiger partial charge on any atom is 0.326 e. The Morgan fingerprint density at radius 2 is 2.17 bits per heavy atom. The normalized spacial score (nSPS) is 17.0. The number of hydrogen-bond donors (Lipinski definition) is 1. The van der Waals surface area contributed by atoms with Crippen LogP contribution in [0.25, 0.3) is 0 Å². The molecule has 1 fully saturated rings. The van der Waals surface area contributed by atoms with Crippen molar-refractivity contribution in [1.29, 1.82) is 0 Å². The van der Waals surface area contributed by atoms with Crippen LogP contribution in [0, 0.1) is 0 Å². The quantitative estimate of drug-likeness (QED) is 0.760. The van der Waals surface area contributed by atoms with Crippen molar-refractivity contribution in [1.82, 2.24) is 4.90 Å². The number of carboxylic acids is 1. The molecule has 1 atom stereocenters. The van der Waals surface area contributed by atoms with Crippen LogP contribution in [-0.4, -0.2) is 48.2 Å². The summed E-state index contributed by atoms with van der Waals surface area (Å²) >= 11 is 6.25. The van der Waals surface area contributed by atoms with Gasteiger partial charge in [0.1, 0.15) is 6.04 Å². The second kappa shape index (κ2) is 8.24. The third kappa shape index (κ3) is 3.93. The first-order chi connectivity index (χ1) is 11.5. The van der Waals surface area contributed by atoms with E-state index in [0.717, 1.165) is 12.8 Å². The molecule has 1 aliphatic rings. The van der Waals surface area contributed by atoms with Gasteiger partial charge in [-0.15, -0.1) is 0 Å². The number of aliphatic carboxylic acids is 1. The Balaban J connectivity index is 2.26. The maximum atomic E-state index is 12.7. The number of carboxylic acid groups (broad SMARTS) is 1. The zero-order valence-electron chi connectivity index (χ0n) is 13.9. The first-order valence-electron chi connectivity index (χ1n) is 8.03. The first kappa shape index (κ1) is 18.4. The molecule has 6 nitrogen and oxygen atoms in total. The first-order valence-corrected chi connectivity index (χ1v) is 8.41. The zero-order chi connectivity index (χ0) is 17.7. The van der Waals surface area contributed by atoms with Crippen LogP contribution in [-0.2, 0) is 4.79 Å². The fourth-order valence-corrected chi connectivity index (χ4v) is 3.00. The third-order valence-electron chi connectivity index (χ3n) is 4.02. The van der Waals surface area contributed by atoms with Crippen LogP contribution in [0.3, 0.4) is 0 Å². The Labute approximate surface area is 146 Å². The van der Waals surface area contributed by atoms with Gasteiger partial charge in [0, 0.05) is 12.1 Å². The van der Waals surface area contributed by atoms with Crippen LogP contribution in [0.2, 0.25) is 5.02 Å². The monoisotopic (exact) mass is 355 g/mol. The van der Waals surface area contributed by atoms with Gasteiger partial charge in [-0.25, -0.2) is 4.79 Å². The summed E-state index contributed by atoms with van der Waals surface area (Å²) < 4.78 is 10.9. The summed E-state index contributed by atoms with van der Waals surface area (Å²) in [7, 11) is 1.47. The Morgan fingerprint density at radius 1 is 1.42 bits per heavy atom. The van der Waals surface area contributed by atoms with Crippen molar-refractivity contribution >= 4 is 23.5 Å². The number of carbonyl (C=O) groups is 2. The fourth-order valence-electron chi connectivity index (χ4n) is 2.73. The number of hydrogen-bond acceptors (Lipinski definition) is 4. The standard InChI is InChI=1S/C17H22ClNO5/c1-3-4-8-24-15-12(18)9-11(10-14(15)23-2)16(20)19-7-5-6-13(19)17(21)22/h9-10,13H,3-8H2,1-2H3,(H,21,22)/t13-/m0/s1. The molecule has 2 rings (SSSR count). The Bertz CT molecular complexity index is 619. The van der Waals surface area contributed by atoms with Crippen molar-refractivity contribution in [2.75, 3.05) is 20.3 Å². The van der Waals surface area contributed by atoms with E-state index in [4.69, 9.17) is 21.1 Å². The molecule has 0 bridgehead atoms. The average molecular weight is 356 g/mol. The number of amides is 1.